The summed E-state index contributed by atoms with van der Waals surface area (Å²) in [5.74, 6) is 0. The lowest BCUT2D eigenvalue weighted by Crippen LogP contribution is -2.33. The van der Waals surface area contributed by atoms with Crippen LogP contribution in [-0.2, 0) is 0 Å². The third-order valence-corrected chi connectivity index (χ3v) is 0.989. The summed E-state index contributed by atoms with van der Waals surface area (Å²) >= 11 is 0. The highest BCUT2D eigenvalue weighted by molar-refractivity contribution is 4.47. The standard InChI is InChI=1S/C6H16N2O/c1-3-7-8-5-4-6(2)9/h6-9H,3-5H2,1-2H3. The van der Waals surface area contributed by atoms with Crippen molar-refractivity contribution in [3.63, 3.8) is 0 Å². The van der Waals surface area contributed by atoms with Gasteiger partial charge in [0.1, 0.15) is 0 Å². The second-order valence-electron chi connectivity index (χ2n) is 2.09. The van der Waals surface area contributed by atoms with Crippen LogP contribution in [0.5, 0.6) is 0 Å². The molecule has 9 heavy (non-hydrogen) atoms. The summed E-state index contributed by atoms with van der Waals surface area (Å²) in [4.78, 5) is 0. The first kappa shape index (κ1) is 8.88. The van der Waals surface area contributed by atoms with Crippen LogP contribution in [0, 0.1) is 0 Å². The lowest BCUT2D eigenvalue weighted by molar-refractivity contribution is 0.182. The number of nitrogens with one attached hydrogen (secondary N) is 2. The summed E-state index contributed by atoms with van der Waals surface area (Å²) in [6.07, 6.45) is 0.601. The molecule has 0 aliphatic heterocycles. The van der Waals surface area contributed by atoms with Gasteiger partial charge < -0.3 is 5.11 Å². The molecule has 0 rings (SSSR count). The Morgan fingerprint density at radius 1 is 1.44 bits per heavy atom. The Bertz CT molecular complexity index is 57.0. The van der Waals surface area contributed by atoms with Crippen molar-refractivity contribution in [1.29, 1.82) is 0 Å². The van der Waals surface area contributed by atoms with Crippen LogP contribution in [0.2, 0.25) is 0 Å². The van der Waals surface area contributed by atoms with Gasteiger partial charge in [-0.2, -0.15) is 0 Å². The molecule has 56 valence electrons. The second-order valence-corrected chi connectivity index (χ2v) is 2.09. The van der Waals surface area contributed by atoms with Gasteiger partial charge in [0.15, 0.2) is 0 Å². The molecule has 0 bridgehead atoms. The molecule has 0 saturated carbocycles. The van der Waals surface area contributed by atoms with E-state index in [1.54, 1.807) is 6.92 Å². The van der Waals surface area contributed by atoms with Crippen LogP contribution in [0.4, 0.5) is 0 Å². The van der Waals surface area contributed by atoms with Crippen molar-refractivity contribution in [3.8, 4) is 0 Å². The quantitative estimate of drug-likeness (QED) is 0.361. The van der Waals surface area contributed by atoms with Crippen molar-refractivity contribution >= 4 is 0 Å². The lowest BCUT2D eigenvalue weighted by atomic mass is 10.3. The first-order chi connectivity index (χ1) is 4.27. The summed E-state index contributed by atoms with van der Waals surface area (Å²) in [5.41, 5.74) is 5.90. The van der Waals surface area contributed by atoms with E-state index in [4.69, 9.17) is 5.11 Å². The van der Waals surface area contributed by atoms with E-state index in [0.29, 0.717) is 0 Å². The number of rotatable bonds is 5. The van der Waals surface area contributed by atoms with Crippen LogP contribution in [0.3, 0.4) is 0 Å². The Kier molecular flexibility index (Phi) is 5.93. The maximum atomic E-state index is 8.78. The fourth-order valence-corrected chi connectivity index (χ4v) is 0.494. The summed E-state index contributed by atoms with van der Waals surface area (Å²) in [6, 6.07) is 0. The number of hydrazine groups is 1. The lowest BCUT2D eigenvalue weighted by Gasteiger charge is -2.05. The van der Waals surface area contributed by atoms with Gasteiger partial charge >= 0.3 is 0 Å². The predicted molar refractivity (Wildman–Crippen MR) is 38.0 cm³/mol. The Balaban J connectivity index is 2.75. The van der Waals surface area contributed by atoms with Crippen molar-refractivity contribution in [3.05, 3.63) is 0 Å². The van der Waals surface area contributed by atoms with E-state index < -0.39 is 0 Å². The third-order valence-electron chi connectivity index (χ3n) is 0.989. The van der Waals surface area contributed by atoms with Gasteiger partial charge in [-0.15, -0.1) is 0 Å². The zero-order chi connectivity index (χ0) is 7.11. The van der Waals surface area contributed by atoms with Gasteiger partial charge in [0.25, 0.3) is 0 Å². The van der Waals surface area contributed by atoms with E-state index in [0.717, 1.165) is 19.5 Å². The minimum atomic E-state index is -0.198. The van der Waals surface area contributed by atoms with Crippen LogP contribution in [-0.4, -0.2) is 24.3 Å². The van der Waals surface area contributed by atoms with Gasteiger partial charge in [0.05, 0.1) is 6.10 Å². The summed E-state index contributed by atoms with van der Waals surface area (Å²) in [6.45, 7) is 5.55. The molecule has 3 N–H and O–H groups in total. The molecule has 1 unspecified atom stereocenters. The van der Waals surface area contributed by atoms with Crippen molar-refractivity contribution in [2.24, 2.45) is 0 Å². The fourth-order valence-electron chi connectivity index (χ4n) is 0.494. The molecule has 0 aromatic carbocycles. The molecule has 0 radical (unpaired) electrons. The van der Waals surface area contributed by atoms with Gasteiger partial charge in [0.2, 0.25) is 0 Å². The second kappa shape index (κ2) is 6.01. The maximum absolute atomic E-state index is 8.78. The SMILES string of the molecule is CCNNCCC(C)O. The highest BCUT2D eigenvalue weighted by Crippen LogP contribution is 1.83. The molecular formula is C6H16N2O. The average Bonchev–Trinajstić information content (AvgIpc) is 1.80. The molecule has 0 heterocycles. The third kappa shape index (κ3) is 7.88. The molecule has 0 amide bonds. The molecule has 0 aromatic rings. The first-order valence-electron chi connectivity index (χ1n) is 3.41. The summed E-state index contributed by atoms with van der Waals surface area (Å²) in [5, 5.41) is 8.78. The smallest absolute Gasteiger partial charge is 0.0524 e. The van der Waals surface area contributed by atoms with E-state index in [-0.39, 0.29) is 6.10 Å². The van der Waals surface area contributed by atoms with Crippen molar-refractivity contribution in [2.45, 2.75) is 26.4 Å². The topological polar surface area (TPSA) is 44.3 Å². The number of aliphatic hydroxyl groups excluding tert-OH is 1. The van der Waals surface area contributed by atoms with E-state index in [2.05, 4.69) is 10.9 Å². The zero-order valence-electron chi connectivity index (χ0n) is 6.15. The molecule has 0 aliphatic carbocycles. The van der Waals surface area contributed by atoms with Gasteiger partial charge in [-0.1, -0.05) is 6.92 Å². The summed E-state index contributed by atoms with van der Waals surface area (Å²) in [7, 11) is 0. The molecule has 1 atom stereocenters. The van der Waals surface area contributed by atoms with Gasteiger partial charge in [-0.3, -0.25) is 10.9 Å². The molecule has 0 aliphatic rings. The Labute approximate surface area is 56.4 Å². The van der Waals surface area contributed by atoms with E-state index in [9.17, 15) is 0 Å². The molecule has 3 heteroatoms. The first-order valence-corrected chi connectivity index (χ1v) is 3.41. The number of hydrogen-bond donors (Lipinski definition) is 3. The molecule has 0 aromatic heterocycles. The van der Waals surface area contributed by atoms with Crippen LogP contribution in [0.1, 0.15) is 20.3 Å². The van der Waals surface area contributed by atoms with Crippen molar-refractivity contribution in [2.75, 3.05) is 13.1 Å². The van der Waals surface area contributed by atoms with Gasteiger partial charge in [-0.25, -0.2) is 0 Å². The van der Waals surface area contributed by atoms with Crippen LogP contribution in [0.25, 0.3) is 0 Å². The highest BCUT2D eigenvalue weighted by Gasteiger charge is 1.91. The average molecular weight is 132 g/mol. The van der Waals surface area contributed by atoms with Crippen LogP contribution >= 0.6 is 0 Å². The van der Waals surface area contributed by atoms with E-state index >= 15 is 0 Å². The molecule has 0 saturated heterocycles. The monoisotopic (exact) mass is 132 g/mol. The number of hydrogen-bond acceptors (Lipinski definition) is 3. The molecule has 3 nitrogen and oxygen atoms in total. The largest absolute Gasteiger partial charge is 0.393 e. The van der Waals surface area contributed by atoms with E-state index in [1.165, 1.54) is 0 Å². The molecule has 0 spiro atoms. The zero-order valence-corrected chi connectivity index (χ0v) is 6.15. The van der Waals surface area contributed by atoms with Crippen molar-refractivity contribution < 1.29 is 5.11 Å². The Hall–Kier alpha value is -0.120. The van der Waals surface area contributed by atoms with Gasteiger partial charge in [-0.05, 0) is 13.3 Å². The normalized spacial score (nSPS) is 13.7. The van der Waals surface area contributed by atoms with Crippen LogP contribution < -0.4 is 10.9 Å². The number of aliphatic hydroxyl groups is 1. The fraction of sp³-hybridized carbons (Fsp3) is 1.00. The molecule has 0 fully saturated rings. The Morgan fingerprint density at radius 2 is 2.11 bits per heavy atom. The van der Waals surface area contributed by atoms with Gasteiger partial charge in [0, 0.05) is 13.1 Å². The molecular weight excluding hydrogens is 116 g/mol. The minimum Gasteiger partial charge on any atom is -0.393 e. The van der Waals surface area contributed by atoms with E-state index in [1.807, 2.05) is 6.92 Å². The van der Waals surface area contributed by atoms with Crippen molar-refractivity contribution in [1.82, 2.24) is 10.9 Å². The minimum absolute atomic E-state index is 0.198. The summed E-state index contributed by atoms with van der Waals surface area (Å²) < 4.78 is 0. The maximum Gasteiger partial charge on any atom is 0.0524 e. The van der Waals surface area contributed by atoms with Crippen LogP contribution in [0.15, 0.2) is 0 Å². The Morgan fingerprint density at radius 3 is 2.56 bits per heavy atom. The predicted octanol–water partition coefficient (Wildman–Crippen LogP) is -0.129. The highest BCUT2D eigenvalue weighted by atomic mass is 16.3.